The van der Waals surface area contributed by atoms with Crippen LogP contribution in [0.15, 0.2) is 53.8 Å². The topological polar surface area (TPSA) is 83.3 Å². The lowest BCUT2D eigenvalue weighted by Gasteiger charge is -2.27. The van der Waals surface area contributed by atoms with Gasteiger partial charge in [-0.25, -0.2) is 10.4 Å². The summed E-state index contributed by atoms with van der Waals surface area (Å²) >= 11 is 0. The van der Waals surface area contributed by atoms with Crippen LogP contribution < -0.4 is 5.43 Å². The highest BCUT2D eigenvalue weighted by Gasteiger charge is 2.26. The van der Waals surface area contributed by atoms with E-state index in [4.69, 9.17) is 0 Å². The third kappa shape index (κ3) is 5.00. The number of phenolic OH excluding ortho intramolecular Hbond substituents is 1. The van der Waals surface area contributed by atoms with E-state index in [1.807, 2.05) is 42.5 Å². The van der Waals surface area contributed by atoms with Crippen LogP contribution in [0.25, 0.3) is 11.3 Å². The van der Waals surface area contributed by atoms with E-state index in [0.29, 0.717) is 11.7 Å². The van der Waals surface area contributed by atoms with Crippen LogP contribution in [0.4, 0.5) is 5.95 Å². The molecule has 0 bridgehead atoms. The Morgan fingerprint density at radius 3 is 2.10 bits per heavy atom. The van der Waals surface area contributed by atoms with Gasteiger partial charge in [0.05, 0.1) is 18.1 Å². The molecule has 3 rings (SSSR count). The predicted molar refractivity (Wildman–Crippen MR) is 122 cm³/mol. The molecule has 0 aliphatic carbocycles. The van der Waals surface area contributed by atoms with E-state index in [-0.39, 0.29) is 10.8 Å². The fraction of sp³-hybridized carbons (Fsp3) is 0.333. The molecule has 6 nitrogen and oxygen atoms in total. The van der Waals surface area contributed by atoms with E-state index in [0.717, 1.165) is 27.9 Å². The first-order valence-electron chi connectivity index (χ1n) is 9.98. The smallest absolute Gasteiger partial charge is 0.263 e. The zero-order valence-electron chi connectivity index (χ0n) is 18.4. The first kappa shape index (κ1) is 21.4. The largest absolute Gasteiger partial charge is 0.507 e. The molecule has 0 aliphatic heterocycles. The van der Waals surface area contributed by atoms with Crippen molar-refractivity contribution in [1.29, 1.82) is 0 Å². The normalized spacial score (nSPS) is 12.3. The van der Waals surface area contributed by atoms with Crippen molar-refractivity contribution in [2.24, 2.45) is 5.10 Å². The molecule has 2 aromatic carbocycles. The lowest BCUT2D eigenvalue weighted by atomic mass is 9.78. The van der Waals surface area contributed by atoms with Crippen molar-refractivity contribution in [2.75, 3.05) is 5.43 Å². The first-order valence-corrected chi connectivity index (χ1v) is 9.98. The van der Waals surface area contributed by atoms with Gasteiger partial charge >= 0.3 is 0 Å². The van der Waals surface area contributed by atoms with Crippen molar-refractivity contribution in [3.05, 3.63) is 65.4 Å². The quantitative estimate of drug-likeness (QED) is 0.457. The Morgan fingerprint density at radius 2 is 1.53 bits per heavy atom. The van der Waals surface area contributed by atoms with E-state index < -0.39 is 0 Å². The van der Waals surface area contributed by atoms with Crippen molar-refractivity contribution in [2.45, 2.75) is 52.4 Å². The van der Waals surface area contributed by atoms with Gasteiger partial charge in [0.25, 0.3) is 5.95 Å². The number of benzene rings is 2. The lowest BCUT2D eigenvalue weighted by Crippen LogP contribution is -2.18. The molecule has 0 fully saturated rings. The van der Waals surface area contributed by atoms with Crippen molar-refractivity contribution in [3.8, 4) is 17.0 Å². The van der Waals surface area contributed by atoms with E-state index in [1.54, 1.807) is 12.4 Å². The number of nitrogens with zero attached hydrogens (tertiary/aromatic N) is 4. The van der Waals surface area contributed by atoms with Crippen LogP contribution in [-0.4, -0.2) is 26.5 Å². The highest BCUT2D eigenvalue weighted by molar-refractivity contribution is 5.82. The summed E-state index contributed by atoms with van der Waals surface area (Å²) in [6, 6.07) is 13.7. The maximum Gasteiger partial charge on any atom is 0.263 e. The number of hydrogen-bond donors (Lipinski definition) is 2. The number of hydrazone groups is 1. The maximum atomic E-state index is 10.8. The number of aromatic hydroxyl groups is 1. The molecule has 0 saturated carbocycles. The van der Waals surface area contributed by atoms with Gasteiger partial charge in [-0.15, -0.1) is 5.10 Å². The Morgan fingerprint density at radius 1 is 0.933 bits per heavy atom. The second kappa shape index (κ2) is 8.22. The Bertz CT molecular complexity index is 1010. The first-order chi connectivity index (χ1) is 14.1. The number of hydrogen-bond acceptors (Lipinski definition) is 6. The zero-order chi connectivity index (χ0) is 21.9. The average Bonchev–Trinajstić information content (AvgIpc) is 2.68. The Hall–Kier alpha value is -3.28. The molecule has 2 N–H and O–H groups in total. The van der Waals surface area contributed by atoms with Crippen molar-refractivity contribution >= 4 is 12.2 Å². The van der Waals surface area contributed by atoms with Crippen LogP contribution in [0.3, 0.4) is 0 Å². The minimum Gasteiger partial charge on any atom is -0.507 e. The summed E-state index contributed by atoms with van der Waals surface area (Å²) in [5.74, 6) is 0.668. The highest BCUT2D eigenvalue weighted by Crippen LogP contribution is 2.39. The van der Waals surface area contributed by atoms with Crippen LogP contribution in [-0.2, 0) is 10.8 Å². The molecule has 0 unspecified atom stereocenters. The van der Waals surface area contributed by atoms with E-state index >= 15 is 0 Å². The fourth-order valence-electron chi connectivity index (χ4n) is 3.14. The van der Waals surface area contributed by atoms with Crippen molar-refractivity contribution in [3.63, 3.8) is 0 Å². The molecule has 1 aromatic heterocycles. The number of anilines is 1. The van der Waals surface area contributed by atoms with Gasteiger partial charge in [0, 0.05) is 16.7 Å². The summed E-state index contributed by atoms with van der Waals surface area (Å²) in [5.41, 5.74) is 6.82. The third-order valence-electron chi connectivity index (χ3n) is 4.75. The molecule has 0 atom stereocenters. The Balaban J connectivity index is 1.88. The molecular weight excluding hydrogens is 374 g/mol. The van der Waals surface area contributed by atoms with Gasteiger partial charge in [0.2, 0.25) is 0 Å². The van der Waals surface area contributed by atoms with Crippen LogP contribution in [0, 0.1) is 0 Å². The SMILES string of the molecule is CC(C)(C)c1cc(/C=N/Nc2nncc(-c3ccccc3)n2)cc(C(C)(C)C)c1O. The molecule has 0 spiro atoms. The second-order valence-electron chi connectivity index (χ2n) is 9.37. The monoisotopic (exact) mass is 403 g/mol. The lowest BCUT2D eigenvalue weighted by molar-refractivity contribution is 0.423. The van der Waals surface area contributed by atoms with Crippen LogP contribution in [0.5, 0.6) is 5.75 Å². The molecule has 1 heterocycles. The van der Waals surface area contributed by atoms with E-state index in [1.165, 1.54) is 0 Å². The van der Waals surface area contributed by atoms with Crippen LogP contribution in [0.1, 0.15) is 58.2 Å². The van der Waals surface area contributed by atoms with E-state index in [2.05, 4.69) is 67.3 Å². The summed E-state index contributed by atoms with van der Waals surface area (Å²) in [7, 11) is 0. The van der Waals surface area contributed by atoms with E-state index in [9.17, 15) is 5.11 Å². The molecular formula is C24H29N5O. The summed E-state index contributed by atoms with van der Waals surface area (Å²) in [4.78, 5) is 4.46. The molecule has 156 valence electrons. The van der Waals surface area contributed by atoms with Gasteiger partial charge in [0.15, 0.2) is 0 Å². The zero-order valence-corrected chi connectivity index (χ0v) is 18.4. The van der Waals surface area contributed by atoms with Gasteiger partial charge in [-0.2, -0.15) is 10.2 Å². The molecule has 0 radical (unpaired) electrons. The average molecular weight is 404 g/mol. The number of rotatable bonds is 4. The summed E-state index contributed by atoms with van der Waals surface area (Å²) in [6.45, 7) is 12.5. The standard InChI is InChI=1S/C24H29N5O/c1-23(2,3)18-12-16(13-19(21(18)30)24(4,5)6)14-25-28-22-27-20(15-26-29-22)17-10-8-7-9-11-17/h7-15,30H,1-6H3,(H,27,28,29)/b25-14+. The summed E-state index contributed by atoms with van der Waals surface area (Å²) in [6.07, 6.45) is 3.33. The minimum atomic E-state index is -0.196. The van der Waals surface area contributed by atoms with Gasteiger partial charge in [-0.1, -0.05) is 71.9 Å². The molecule has 0 aliphatic rings. The van der Waals surface area contributed by atoms with Crippen LogP contribution in [0.2, 0.25) is 0 Å². The van der Waals surface area contributed by atoms with Gasteiger partial charge in [-0.3, -0.25) is 0 Å². The van der Waals surface area contributed by atoms with Gasteiger partial charge in [0.1, 0.15) is 5.75 Å². The number of phenols is 1. The predicted octanol–water partition coefficient (Wildman–Crippen LogP) is 5.29. The van der Waals surface area contributed by atoms with Gasteiger partial charge < -0.3 is 5.11 Å². The van der Waals surface area contributed by atoms with Gasteiger partial charge in [-0.05, 0) is 28.5 Å². The summed E-state index contributed by atoms with van der Waals surface area (Å²) < 4.78 is 0. The van der Waals surface area contributed by atoms with Crippen molar-refractivity contribution < 1.29 is 5.11 Å². The Labute approximate surface area is 178 Å². The molecule has 3 aromatic rings. The second-order valence-corrected chi connectivity index (χ2v) is 9.37. The maximum absolute atomic E-state index is 10.8. The number of aromatic nitrogens is 3. The number of nitrogens with one attached hydrogen (secondary N) is 1. The molecule has 30 heavy (non-hydrogen) atoms. The summed E-state index contributed by atoms with van der Waals surface area (Å²) in [5, 5.41) is 23.1. The fourth-order valence-corrected chi connectivity index (χ4v) is 3.14. The van der Waals surface area contributed by atoms with Crippen LogP contribution >= 0.6 is 0 Å². The van der Waals surface area contributed by atoms with Crippen molar-refractivity contribution in [1.82, 2.24) is 15.2 Å². The molecule has 6 heteroatoms. The molecule has 0 amide bonds. The third-order valence-corrected chi connectivity index (χ3v) is 4.75. The highest BCUT2D eigenvalue weighted by atomic mass is 16.3. The molecule has 0 saturated heterocycles. The Kier molecular flexibility index (Phi) is 5.87. The minimum absolute atomic E-state index is 0.196.